The van der Waals surface area contributed by atoms with Crippen LogP contribution < -0.4 is 0 Å². The predicted molar refractivity (Wildman–Crippen MR) is 74.7 cm³/mol. The summed E-state index contributed by atoms with van der Waals surface area (Å²) in [7, 11) is 0. The highest BCUT2D eigenvalue weighted by Crippen LogP contribution is 2.27. The summed E-state index contributed by atoms with van der Waals surface area (Å²) in [5.74, 6) is 0.0881. The van der Waals surface area contributed by atoms with E-state index in [1.165, 1.54) is 30.0 Å². The van der Waals surface area contributed by atoms with Crippen LogP contribution in [0.2, 0.25) is 0 Å². The summed E-state index contributed by atoms with van der Waals surface area (Å²) < 4.78 is 18.8. The number of fused-ring (bicyclic) bond motifs is 1. The fraction of sp³-hybridized carbons (Fsp3) is 0.0667. The number of nitrogens with zero attached hydrogens (tertiary/aromatic N) is 2. The Morgan fingerprint density at radius 2 is 2.10 bits per heavy atom. The minimum Gasteiger partial charge on any atom is -0.431 e. The normalized spacial score (nSPS) is 10.6. The van der Waals surface area contributed by atoms with Gasteiger partial charge in [0.2, 0.25) is 0 Å². The summed E-state index contributed by atoms with van der Waals surface area (Å²) >= 11 is 1.34. The van der Waals surface area contributed by atoms with Gasteiger partial charge in [0, 0.05) is 5.75 Å². The average molecular weight is 284 g/mol. The number of aromatic nitrogens is 1. The van der Waals surface area contributed by atoms with Gasteiger partial charge in [-0.2, -0.15) is 5.26 Å². The Morgan fingerprint density at radius 1 is 1.25 bits per heavy atom. The van der Waals surface area contributed by atoms with E-state index >= 15 is 0 Å². The average Bonchev–Trinajstić information content (AvgIpc) is 2.88. The molecule has 0 radical (unpaired) electrons. The molecule has 0 N–H and O–H groups in total. The molecule has 0 spiro atoms. The molecule has 2 aromatic carbocycles. The van der Waals surface area contributed by atoms with Crippen LogP contribution >= 0.6 is 11.8 Å². The van der Waals surface area contributed by atoms with Gasteiger partial charge in [0.05, 0.1) is 11.6 Å². The maximum atomic E-state index is 13.2. The third-order valence-corrected chi connectivity index (χ3v) is 3.69. The van der Waals surface area contributed by atoms with Crippen molar-refractivity contribution in [3.05, 3.63) is 59.4 Å². The number of para-hydroxylation sites is 2. The summed E-state index contributed by atoms with van der Waals surface area (Å²) in [4.78, 5) is 4.33. The second-order valence-electron chi connectivity index (χ2n) is 4.15. The molecular weight excluding hydrogens is 275 g/mol. The van der Waals surface area contributed by atoms with E-state index in [9.17, 15) is 4.39 Å². The third-order valence-electron chi connectivity index (χ3n) is 2.81. The molecule has 0 unspecified atom stereocenters. The van der Waals surface area contributed by atoms with E-state index in [1.54, 1.807) is 0 Å². The molecule has 0 atom stereocenters. The maximum absolute atomic E-state index is 13.2. The van der Waals surface area contributed by atoms with Crippen molar-refractivity contribution in [1.82, 2.24) is 4.98 Å². The lowest BCUT2D eigenvalue weighted by atomic mass is 10.1. The second-order valence-corrected chi connectivity index (χ2v) is 5.08. The molecule has 20 heavy (non-hydrogen) atoms. The van der Waals surface area contributed by atoms with Crippen LogP contribution in [0.1, 0.15) is 11.1 Å². The van der Waals surface area contributed by atoms with Crippen molar-refractivity contribution in [3.8, 4) is 6.07 Å². The lowest BCUT2D eigenvalue weighted by Crippen LogP contribution is -1.89. The Kier molecular flexibility index (Phi) is 3.40. The highest BCUT2D eigenvalue weighted by molar-refractivity contribution is 7.98. The standard InChI is InChI=1S/C15H9FN2OS/c16-12-6-5-10(8-17)11(7-12)9-20-15-18-13-3-1-2-4-14(13)19-15/h1-7H,9H2. The maximum Gasteiger partial charge on any atom is 0.257 e. The van der Waals surface area contributed by atoms with Crippen LogP contribution in [0, 0.1) is 17.1 Å². The number of benzene rings is 2. The van der Waals surface area contributed by atoms with Crippen LogP contribution in [0.15, 0.2) is 52.1 Å². The van der Waals surface area contributed by atoms with Crippen LogP contribution in [0.5, 0.6) is 0 Å². The molecule has 0 aliphatic heterocycles. The highest BCUT2D eigenvalue weighted by Gasteiger charge is 2.09. The van der Waals surface area contributed by atoms with Crippen LogP contribution in [0.25, 0.3) is 11.1 Å². The van der Waals surface area contributed by atoms with Crippen molar-refractivity contribution >= 4 is 22.9 Å². The van der Waals surface area contributed by atoms with Gasteiger partial charge in [0.25, 0.3) is 5.22 Å². The summed E-state index contributed by atoms with van der Waals surface area (Å²) in [6.07, 6.45) is 0. The monoisotopic (exact) mass is 284 g/mol. The SMILES string of the molecule is N#Cc1ccc(F)cc1CSc1nc2ccccc2o1. The third kappa shape index (κ3) is 2.51. The van der Waals surface area contributed by atoms with Gasteiger partial charge in [-0.1, -0.05) is 23.9 Å². The molecule has 3 aromatic rings. The molecule has 1 heterocycles. The first kappa shape index (κ1) is 12.7. The molecule has 0 saturated carbocycles. The number of halogens is 1. The van der Waals surface area contributed by atoms with Crippen molar-refractivity contribution in [2.24, 2.45) is 0 Å². The zero-order valence-corrected chi connectivity index (χ0v) is 11.2. The van der Waals surface area contributed by atoms with Crippen LogP contribution in [0.4, 0.5) is 4.39 Å². The minimum atomic E-state index is -0.350. The minimum absolute atomic E-state index is 0.350. The van der Waals surface area contributed by atoms with Crippen molar-refractivity contribution < 1.29 is 8.81 Å². The van der Waals surface area contributed by atoms with E-state index in [0.29, 0.717) is 22.1 Å². The number of oxazole rings is 1. The van der Waals surface area contributed by atoms with Crippen molar-refractivity contribution in [1.29, 1.82) is 5.26 Å². The molecule has 0 amide bonds. The molecule has 98 valence electrons. The predicted octanol–water partition coefficient (Wildman–Crippen LogP) is 4.13. The summed E-state index contributed by atoms with van der Waals surface area (Å²) in [5, 5.41) is 9.51. The summed E-state index contributed by atoms with van der Waals surface area (Å²) in [5.41, 5.74) is 2.61. The van der Waals surface area contributed by atoms with Gasteiger partial charge in [-0.25, -0.2) is 9.37 Å². The van der Waals surface area contributed by atoms with Gasteiger partial charge in [0.15, 0.2) is 5.58 Å². The van der Waals surface area contributed by atoms with E-state index in [1.807, 2.05) is 24.3 Å². The molecule has 0 bridgehead atoms. The number of thioether (sulfide) groups is 1. The Morgan fingerprint density at radius 3 is 2.90 bits per heavy atom. The number of rotatable bonds is 3. The second kappa shape index (κ2) is 5.35. The Balaban J connectivity index is 1.83. The van der Waals surface area contributed by atoms with Gasteiger partial charge in [-0.15, -0.1) is 0 Å². The molecule has 0 fully saturated rings. The Labute approximate surface area is 119 Å². The van der Waals surface area contributed by atoms with Crippen molar-refractivity contribution in [2.75, 3.05) is 0 Å². The molecule has 5 heteroatoms. The van der Waals surface area contributed by atoms with Crippen LogP contribution in [-0.4, -0.2) is 4.98 Å². The van der Waals surface area contributed by atoms with Gasteiger partial charge in [-0.05, 0) is 35.9 Å². The van der Waals surface area contributed by atoms with Gasteiger partial charge in [-0.3, -0.25) is 0 Å². The molecular formula is C15H9FN2OS. The molecule has 0 aliphatic rings. The number of nitriles is 1. The Hall–Kier alpha value is -2.32. The quantitative estimate of drug-likeness (QED) is 0.678. The first-order valence-corrected chi connectivity index (χ1v) is 6.92. The van der Waals surface area contributed by atoms with Gasteiger partial charge >= 0.3 is 0 Å². The van der Waals surface area contributed by atoms with Crippen LogP contribution in [-0.2, 0) is 5.75 Å². The van der Waals surface area contributed by atoms with Gasteiger partial charge < -0.3 is 4.42 Å². The van der Waals surface area contributed by atoms with Crippen LogP contribution in [0.3, 0.4) is 0 Å². The highest BCUT2D eigenvalue weighted by atomic mass is 32.2. The topological polar surface area (TPSA) is 49.8 Å². The van der Waals surface area contributed by atoms with Crippen molar-refractivity contribution in [2.45, 2.75) is 11.0 Å². The lowest BCUT2D eigenvalue weighted by molar-refractivity contribution is 0.489. The van der Waals surface area contributed by atoms with E-state index in [2.05, 4.69) is 11.1 Å². The molecule has 3 nitrogen and oxygen atoms in total. The fourth-order valence-corrected chi connectivity index (χ4v) is 2.67. The van der Waals surface area contributed by atoms with E-state index in [-0.39, 0.29) is 5.82 Å². The largest absolute Gasteiger partial charge is 0.431 e. The molecule has 0 aliphatic carbocycles. The van der Waals surface area contributed by atoms with Gasteiger partial charge in [0.1, 0.15) is 11.3 Å². The fourth-order valence-electron chi connectivity index (χ4n) is 1.84. The number of hydrogen-bond acceptors (Lipinski definition) is 4. The summed E-state index contributed by atoms with van der Waals surface area (Å²) in [6.45, 7) is 0. The molecule has 0 saturated heterocycles. The zero-order chi connectivity index (χ0) is 13.9. The van der Waals surface area contributed by atoms with E-state index in [4.69, 9.17) is 9.68 Å². The summed E-state index contributed by atoms with van der Waals surface area (Å²) in [6, 6.07) is 13.7. The van der Waals surface area contributed by atoms with E-state index in [0.717, 1.165) is 11.1 Å². The van der Waals surface area contributed by atoms with Crippen molar-refractivity contribution in [3.63, 3.8) is 0 Å². The lowest BCUT2D eigenvalue weighted by Gasteiger charge is -2.01. The number of hydrogen-bond donors (Lipinski definition) is 0. The molecule has 1 aromatic heterocycles. The first-order valence-electron chi connectivity index (χ1n) is 5.93. The first-order chi connectivity index (χ1) is 9.76. The molecule has 3 rings (SSSR count). The Bertz CT molecular complexity index is 774. The zero-order valence-electron chi connectivity index (χ0n) is 10.3. The van der Waals surface area contributed by atoms with E-state index < -0.39 is 0 Å². The smallest absolute Gasteiger partial charge is 0.257 e.